The maximum absolute atomic E-state index is 12.8. The maximum atomic E-state index is 12.8. The van der Waals surface area contributed by atoms with Crippen molar-refractivity contribution in [1.82, 2.24) is 14.8 Å². The van der Waals surface area contributed by atoms with Crippen LogP contribution in [-0.4, -0.2) is 33.3 Å². The summed E-state index contributed by atoms with van der Waals surface area (Å²) in [5.74, 6) is -0.0140. The molecule has 0 bridgehead atoms. The molecular formula is C15H13ClF3N3O2. The highest BCUT2D eigenvalue weighted by Gasteiger charge is 2.63. The predicted octanol–water partition coefficient (Wildman–Crippen LogP) is 3.60. The predicted molar refractivity (Wildman–Crippen MR) is 79.2 cm³/mol. The first-order chi connectivity index (χ1) is 11.3. The molecule has 24 heavy (non-hydrogen) atoms. The molecule has 1 aliphatic rings. The van der Waals surface area contributed by atoms with Crippen LogP contribution in [0.2, 0.25) is 5.15 Å². The number of nitrogens with zero attached hydrogens (tertiary/aromatic N) is 3. The van der Waals surface area contributed by atoms with Crippen LogP contribution in [0.15, 0.2) is 30.5 Å². The van der Waals surface area contributed by atoms with Crippen molar-refractivity contribution >= 4 is 17.4 Å². The van der Waals surface area contributed by atoms with Gasteiger partial charge in [0.15, 0.2) is 11.6 Å². The number of rotatable bonds is 6. The fourth-order valence-electron chi connectivity index (χ4n) is 2.33. The minimum absolute atomic E-state index is 0.00268. The van der Waals surface area contributed by atoms with Gasteiger partial charge in [0.2, 0.25) is 5.88 Å². The minimum atomic E-state index is -4.34. The summed E-state index contributed by atoms with van der Waals surface area (Å²) in [6.07, 6.45) is -3.35. The third-order valence-electron chi connectivity index (χ3n) is 3.87. The Bertz CT molecular complexity index is 756. The van der Waals surface area contributed by atoms with Crippen molar-refractivity contribution in [1.29, 1.82) is 0 Å². The van der Waals surface area contributed by atoms with E-state index in [1.54, 1.807) is 24.4 Å². The first kappa shape index (κ1) is 16.8. The average Bonchev–Trinajstić information content (AvgIpc) is 3.14. The molecule has 0 spiro atoms. The molecule has 2 aromatic heterocycles. The van der Waals surface area contributed by atoms with Gasteiger partial charge in [0, 0.05) is 18.7 Å². The molecule has 5 nitrogen and oxygen atoms in total. The van der Waals surface area contributed by atoms with Crippen LogP contribution >= 0.6 is 11.6 Å². The normalized spacial score (nSPS) is 16.0. The van der Waals surface area contributed by atoms with E-state index in [0.717, 1.165) is 0 Å². The fraction of sp³-hybridized carbons (Fsp3) is 0.400. The molecule has 0 radical (unpaired) electrons. The van der Waals surface area contributed by atoms with Crippen molar-refractivity contribution in [2.75, 3.05) is 6.61 Å². The number of ether oxygens (including phenoxy) is 1. The summed E-state index contributed by atoms with van der Waals surface area (Å²) < 4.78 is 45.0. The molecule has 3 rings (SSSR count). The summed E-state index contributed by atoms with van der Waals surface area (Å²) in [6, 6.07) is 6.47. The number of alkyl halides is 3. The van der Waals surface area contributed by atoms with Crippen LogP contribution < -0.4 is 4.74 Å². The Balaban J connectivity index is 1.57. The van der Waals surface area contributed by atoms with E-state index in [-0.39, 0.29) is 18.7 Å². The maximum Gasteiger partial charge on any atom is 0.394 e. The number of halogens is 4. The zero-order valence-electron chi connectivity index (χ0n) is 12.4. The molecule has 0 aliphatic heterocycles. The van der Waals surface area contributed by atoms with E-state index in [9.17, 15) is 18.0 Å². The Kier molecular flexibility index (Phi) is 4.25. The molecule has 0 aromatic carbocycles. The van der Waals surface area contributed by atoms with Crippen molar-refractivity contribution in [3.8, 4) is 11.7 Å². The van der Waals surface area contributed by atoms with E-state index in [1.807, 2.05) is 0 Å². The standard InChI is InChI=1S/C15H13ClF3N3O2/c16-11-2-1-3-12(20-11)22-7-4-13(21-22)24-9-10(23)8-14(5-6-14)15(17,18)19/h1-4,7H,5-6,8-9H2. The van der Waals surface area contributed by atoms with Crippen LogP contribution in [0.4, 0.5) is 13.2 Å². The molecule has 0 saturated heterocycles. The van der Waals surface area contributed by atoms with Gasteiger partial charge in [-0.25, -0.2) is 9.67 Å². The van der Waals surface area contributed by atoms with Crippen molar-refractivity contribution < 1.29 is 22.7 Å². The lowest BCUT2D eigenvalue weighted by Crippen LogP contribution is -2.29. The van der Waals surface area contributed by atoms with E-state index >= 15 is 0 Å². The molecule has 1 aliphatic carbocycles. The summed E-state index contributed by atoms with van der Waals surface area (Å²) in [4.78, 5) is 15.8. The summed E-state index contributed by atoms with van der Waals surface area (Å²) >= 11 is 5.79. The number of pyridine rings is 1. The number of carbonyl (C=O) groups excluding carboxylic acids is 1. The van der Waals surface area contributed by atoms with Crippen LogP contribution in [-0.2, 0) is 4.79 Å². The Morgan fingerprint density at radius 1 is 1.33 bits per heavy atom. The highest BCUT2D eigenvalue weighted by molar-refractivity contribution is 6.29. The van der Waals surface area contributed by atoms with Gasteiger partial charge < -0.3 is 4.74 Å². The van der Waals surface area contributed by atoms with Gasteiger partial charge in [0.05, 0.1) is 5.41 Å². The molecule has 1 saturated carbocycles. The van der Waals surface area contributed by atoms with Gasteiger partial charge in [0.1, 0.15) is 11.8 Å². The minimum Gasteiger partial charge on any atom is -0.469 e. The molecule has 0 N–H and O–H groups in total. The first-order valence-electron chi connectivity index (χ1n) is 7.19. The molecule has 128 valence electrons. The van der Waals surface area contributed by atoms with Gasteiger partial charge >= 0.3 is 6.18 Å². The van der Waals surface area contributed by atoms with Crippen LogP contribution in [0.5, 0.6) is 5.88 Å². The van der Waals surface area contributed by atoms with Crippen molar-refractivity contribution in [3.05, 3.63) is 35.6 Å². The summed E-state index contributed by atoms with van der Waals surface area (Å²) in [5.41, 5.74) is -1.85. The lowest BCUT2D eigenvalue weighted by atomic mass is 9.99. The van der Waals surface area contributed by atoms with E-state index in [1.165, 1.54) is 10.7 Å². The summed E-state index contributed by atoms with van der Waals surface area (Å²) in [7, 11) is 0. The molecular weight excluding hydrogens is 347 g/mol. The number of ketones is 1. The quantitative estimate of drug-likeness (QED) is 0.739. The zero-order chi connectivity index (χ0) is 17.4. The summed E-state index contributed by atoms with van der Waals surface area (Å²) in [6.45, 7) is -0.447. The van der Waals surface area contributed by atoms with Crippen molar-refractivity contribution in [2.45, 2.75) is 25.4 Å². The average molecular weight is 360 g/mol. The third-order valence-corrected chi connectivity index (χ3v) is 4.08. The topological polar surface area (TPSA) is 57.0 Å². The highest BCUT2D eigenvalue weighted by atomic mass is 35.5. The molecule has 9 heteroatoms. The second-order valence-electron chi connectivity index (χ2n) is 5.70. The number of hydrogen-bond acceptors (Lipinski definition) is 4. The fourth-order valence-corrected chi connectivity index (χ4v) is 2.49. The summed E-state index contributed by atoms with van der Waals surface area (Å²) in [5, 5.41) is 4.35. The molecule has 0 amide bonds. The van der Waals surface area contributed by atoms with Gasteiger partial charge in [-0.2, -0.15) is 13.2 Å². The van der Waals surface area contributed by atoms with Crippen LogP contribution in [0, 0.1) is 5.41 Å². The lowest BCUT2D eigenvalue weighted by Gasteiger charge is -2.17. The lowest BCUT2D eigenvalue weighted by molar-refractivity contribution is -0.190. The molecule has 1 fully saturated rings. The monoisotopic (exact) mass is 359 g/mol. The zero-order valence-corrected chi connectivity index (χ0v) is 13.1. The van der Waals surface area contributed by atoms with Crippen LogP contribution in [0.1, 0.15) is 19.3 Å². The third kappa shape index (κ3) is 3.53. The van der Waals surface area contributed by atoms with Gasteiger partial charge in [-0.3, -0.25) is 4.79 Å². The SMILES string of the molecule is O=C(COc1ccn(-c2cccc(Cl)n2)n1)CC1(C(F)(F)F)CC1. The van der Waals surface area contributed by atoms with Gasteiger partial charge in [-0.15, -0.1) is 5.10 Å². The van der Waals surface area contributed by atoms with Crippen LogP contribution in [0.25, 0.3) is 5.82 Å². The Morgan fingerprint density at radius 3 is 2.71 bits per heavy atom. The number of aromatic nitrogens is 3. The van der Waals surface area contributed by atoms with Crippen molar-refractivity contribution in [2.24, 2.45) is 5.41 Å². The molecule has 0 unspecified atom stereocenters. The Morgan fingerprint density at radius 2 is 2.08 bits per heavy atom. The van der Waals surface area contributed by atoms with Crippen molar-refractivity contribution in [3.63, 3.8) is 0 Å². The van der Waals surface area contributed by atoms with Gasteiger partial charge in [-0.1, -0.05) is 17.7 Å². The Labute approximate surface area is 140 Å². The van der Waals surface area contributed by atoms with E-state index in [0.29, 0.717) is 11.0 Å². The molecule has 2 aromatic rings. The van der Waals surface area contributed by atoms with Crippen LogP contribution in [0.3, 0.4) is 0 Å². The molecule has 2 heterocycles. The van der Waals surface area contributed by atoms with Gasteiger partial charge in [-0.05, 0) is 25.0 Å². The highest BCUT2D eigenvalue weighted by Crippen LogP contribution is 2.60. The first-order valence-corrected chi connectivity index (χ1v) is 7.57. The number of Topliss-reactive ketones (excluding diaryl/α,β-unsaturated/α-hetero) is 1. The second-order valence-corrected chi connectivity index (χ2v) is 6.09. The number of carbonyl (C=O) groups is 1. The Hall–Kier alpha value is -2.09. The smallest absolute Gasteiger partial charge is 0.394 e. The second kappa shape index (κ2) is 6.08. The number of hydrogen-bond donors (Lipinski definition) is 0. The van der Waals surface area contributed by atoms with E-state index < -0.39 is 30.4 Å². The molecule has 0 atom stereocenters. The largest absolute Gasteiger partial charge is 0.469 e. The van der Waals surface area contributed by atoms with E-state index in [4.69, 9.17) is 16.3 Å². The van der Waals surface area contributed by atoms with E-state index in [2.05, 4.69) is 10.1 Å². The van der Waals surface area contributed by atoms with Gasteiger partial charge in [0.25, 0.3) is 0 Å².